The van der Waals surface area contributed by atoms with Crippen LogP contribution in [0, 0.1) is 0 Å². The van der Waals surface area contributed by atoms with Gasteiger partial charge in [-0.2, -0.15) is 0 Å². The first kappa shape index (κ1) is 8.91. The van der Waals surface area contributed by atoms with Crippen molar-refractivity contribution in [2.75, 3.05) is 16.8 Å². The first-order valence-electron chi connectivity index (χ1n) is 4.86. The van der Waals surface area contributed by atoms with E-state index in [0.29, 0.717) is 11.0 Å². The van der Waals surface area contributed by atoms with Crippen LogP contribution in [0.4, 0.5) is 11.5 Å². The smallest absolute Gasteiger partial charge is 0.248 e. The number of hydrogen-bond acceptors (Lipinski definition) is 4. The van der Waals surface area contributed by atoms with Gasteiger partial charge >= 0.3 is 0 Å². The number of hydrogen-bond donors (Lipinski definition) is 1. The molecule has 1 atom stereocenters. The molecule has 2 aliphatic heterocycles. The van der Waals surface area contributed by atoms with Crippen LogP contribution in [0.3, 0.4) is 0 Å². The molecule has 0 aromatic carbocycles. The Morgan fingerprint density at radius 2 is 2.40 bits per heavy atom. The normalized spacial score (nSPS) is 23.4. The highest BCUT2D eigenvalue weighted by molar-refractivity contribution is 6.29. The van der Waals surface area contributed by atoms with Crippen LogP contribution >= 0.6 is 11.6 Å². The average Bonchev–Trinajstić information content (AvgIpc) is 2.69. The lowest BCUT2D eigenvalue weighted by Crippen LogP contribution is -2.44. The fourth-order valence-electron chi connectivity index (χ4n) is 2.19. The van der Waals surface area contributed by atoms with Crippen LogP contribution in [0.15, 0.2) is 6.07 Å². The summed E-state index contributed by atoms with van der Waals surface area (Å²) >= 11 is 5.79. The Morgan fingerprint density at radius 1 is 1.53 bits per heavy atom. The van der Waals surface area contributed by atoms with E-state index in [1.807, 2.05) is 0 Å². The summed E-state index contributed by atoms with van der Waals surface area (Å²) in [7, 11) is 0. The van der Waals surface area contributed by atoms with Gasteiger partial charge in [-0.25, -0.2) is 0 Å². The van der Waals surface area contributed by atoms with Gasteiger partial charge < -0.3 is 10.2 Å². The Hall–Kier alpha value is -1.36. The summed E-state index contributed by atoms with van der Waals surface area (Å²) in [6.45, 7) is 0.882. The number of nitrogens with zero attached hydrogens (tertiary/aromatic N) is 3. The van der Waals surface area contributed by atoms with Gasteiger partial charge in [0.2, 0.25) is 5.91 Å². The molecule has 0 aliphatic carbocycles. The van der Waals surface area contributed by atoms with Crippen LogP contribution in [0.25, 0.3) is 0 Å². The van der Waals surface area contributed by atoms with Gasteiger partial charge in [0.25, 0.3) is 0 Å². The van der Waals surface area contributed by atoms with Gasteiger partial charge in [-0.05, 0) is 12.8 Å². The third-order valence-electron chi connectivity index (χ3n) is 2.85. The molecule has 1 unspecified atom stereocenters. The van der Waals surface area contributed by atoms with Crippen molar-refractivity contribution >= 4 is 29.0 Å². The summed E-state index contributed by atoms with van der Waals surface area (Å²) in [6, 6.07) is 1.69. The van der Waals surface area contributed by atoms with E-state index < -0.39 is 0 Å². The Balaban J connectivity index is 2.12. The van der Waals surface area contributed by atoms with Gasteiger partial charge in [-0.1, -0.05) is 11.6 Å². The number of amides is 1. The van der Waals surface area contributed by atoms with Gasteiger partial charge in [-0.15, -0.1) is 10.2 Å². The zero-order valence-corrected chi connectivity index (χ0v) is 8.66. The van der Waals surface area contributed by atoms with Crippen LogP contribution in [-0.4, -0.2) is 28.7 Å². The molecule has 3 heterocycles. The van der Waals surface area contributed by atoms with Crippen molar-refractivity contribution in [3.8, 4) is 0 Å². The van der Waals surface area contributed by atoms with E-state index >= 15 is 0 Å². The predicted octanol–water partition coefficient (Wildman–Crippen LogP) is 1.05. The molecule has 1 saturated heterocycles. The van der Waals surface area contributed by atoms with Crippen LogP contribution in [0.5, 0.6) is 0 Å². The summed E-state index contributed by atoms with van der Waals surface area (Å²) in [4.78, 5) is 13.7. The highest BCUT2D eigenvalue weighted by Crippen LogP contribution is 2.35. The number of carbonyl (C=O) groups is 1. The lowest BCUT2D eigenvalue weighted by Gasteiger charge is -2.31. The van der Waals surface area contributed by atoms with Crippen molar-refractivity contribution in [3.05, 3.63) is 11.2 Å². The van der Waals surface area contributed by atoms with Crippen LogP contribution in [0.1, 0.15) is 12.8 Å². The first-order valence-corrected chi connectivity index (χ1v) is 5.24. The van der Waals surface area contributed by atoms with Crippen molar-refractivity contribution in [3.63, 3.8) is 0 Å². The number of fused-ring (bicyclic) bond motifs is 3. The van der Waals surface area contributed by atoms with E-state index in [4.69, 9.17) is 11.6 Å². The van der Waals surface area contributed by atoms with Gasteiger partial charge in [-0.3, -0.25) is 4.79 Å². The van der Waals surface area contributed by atoms with Crippen molar-refractivity contribution < 1.29 is 4.79 Å². The second kappa shape index (κ2) is 3.06. The zero-order chi connectivity index (χ0) is 10.4. The third-order valence-corrected chi connectivity index (χ3v) is 3.04. The summed E-state index contributed by atoms with van der Waals surface area (Å²) in [5.41, 5.74) is 0.886. The quantitative estimate of drug-likeness (QED) is 0.716. The van der Waals surface area contributed by atoms with E-state index in [9.17, 15) is 4.79 Å². The number of aromatic nitrogens is 2. The maximum Gasteiger partial charge on any atom is 0.248 e. The Morgan fingerprint density at radius 3 is 3.27 bits per heavy atom. The third kappa shape index (κ3) is 1.26. The summed E-state index contributed by atoms with van der Waals surface area (Å²) < 4.78 is 0. The lowest BCUT2D eigenvalue weighted by atomic mass is 10.1. The molecule has 15 heavy (non-hydrogen) atoms. The van der Waals surface area contributed by atoms with E-state index in [0.717, 1.165) is 25.1 Å². The van der Waals surface area contributed by atoms with E-state index in [2.05, 4.69) is 20.4 Å². The maximum absolute atomic E-state index is 11.7. The molecule has 6 heteroatoms. The number of nitrogens with one attached hydrogen (secondary N) is 1. The number of anilines is 2. The van der Waals surface area contributed by atoms with Crippen LogP contribution in [-0.2, 0) is 4.79 Å². The molecule has 1 fully saturated rings. The largest absolute Gasteiger partial charge is 0.356 e. The maximum atomic E-state index is 11.7. The topological polar surface area (TPSA) is 58.1 Å². The standard InChI is InChI=1S/C9H9ClN4O/c10-7-4-6-8(13-12-7)11-9(15)5-2-1-3-14(5)6/h4-5H,1-3H2,(H,11,13,15). The first-order chi connectivity index (χ1) is 7.25. The molecule has 2 aliphatic rings. The molecular formula is C9H9ClN4O. The van der Waals surface area contributed by atoms with Gasteiger partial charge in [0.15, 0.2) is 11.0 Å². The Labute approximate surface area is 91.4 Å². The molecule has 3 rings (SSSR count). The van der Waals surface area contributed by atoms with Gasteiger partial charge in [0.05, 0.1) is 5.69 Å². The lowest BCUT2D eigenvalue weighted by molar-refractivity contribution is -0.117. The molecule has 1 aromatic rings. The van der Waals surface area contributed by atoms with E-state index in [1.54, 1.807) is 6.07 Å². The van der Waals surface area contributed by atoms with Crippen molar-refractivity contribution in [2.45, 2.75) is 18.9 Å². The van der Waals surface area contributed by atoms with Crippen LogP contribution < -0.4 is 10.2 Å². The second-order valence-electron chi connectivity index (χ2n) is 3.74. The molecular weight excluding hydrogens is 216 g/mol. The fourth-order valence-corrected chi connectivity index (χ4v) is 2.34. The minimum Gasteiger partial charge on any atom is -0.356 e. The summed E-state index contributed by atoms with van der Waals surface area (Å²) in [5, 5.41) is 10.7. The Kier molecular flexibility index (Phi) is 1.82. The van der Waals surface area contributed by atoms with Crippen molar-refractivity contribution in [2.24, 2.45) is 0 Å². The second-order valence-corrected chi connectivity index (χ2v) is 4.13. The molecule has 0 spiro atoms. The van der Waals surface area contributed by atoms with Crippen molar-refractivity contribution in [1.82, 2.24) is 10.2 Å². The SMILES string of the molecule is O=C1Nc2nnc(Cl)cc2N2CCCC12. The zero-order valence-electron chi connectivity index (χ0n) is 7.90. The summed E-state index contributed by atoms with van der Waals surface area (Å²) in [5.74, 6) is 0.527. The molecule has 78 valence electrons. The number of halogens is 1. The molecule has 0 radical (unpaired) electrons. The highest BCUT2D eigenvalue weighted by atomic mass is 35.5. The van der Waals surface area contributed by atoms with Crippen molar-refractivity contribution in [1.29, 1.82) is 0 Å². The molecule has 0 bridgehead atoms. The minimum absolute atomic E-state index is 0.0108. The molecule has 1 N–H and O–H groups in total. The van der Waals surface area contributed by atoms with Crippen LogP contribution in [0.2, 0.25) is 5.15 Å². The van der Waals surface area contributed by atoms with E-state index in [1.165, 1.54) is 0 Å². The van der Waals surface area contributed by atoms with Gasteiger partial charge in [0.1, 0.15) is 6.04 Å². The highest BCUT2D eigenvalue weighted by Gasteiger charge is 2.37. The molecule has 0 saturated carbocycles. The average molecular weight is 225 g/mol. The predicted molar refractivity (Wildman–Crippen MR) is 56.0 cm³/mol. The minimum atomic E-state index is -0.0576. The van der Waals surface area contributed by atoms with Gasteiger partial charge in [0, 0.05) is 12.6 Å². The number of carbonyl (C=O) groups excluding carboxylic acids is 1. The number of rotatable bonds is 0. The monoisotopic (exact) mass is 224 g/mol. The molecule has 1 aromatic heterocycles. The molecule has 1 amide bonds. The summed E-state index contributed by atoms with van der Waals surface area (Å²) in [6.07, 6.45) is 1.92. The Bertz CT molecular complexity index is 436. The van der Waals surface area contributed by atoms with E-state index in [-0.39, 0.29) is 11.9 Å². The molecule has 5 nitrogen and oxygen atoms in total. The fraction of sp³-hybridized carbons (Fsp3) is 0.444.